The van der Waals surface area contributed by atoms with Crippen molar-refractivity contribution in [2.24, 2.45) is 0 Å². The molecule has 0 aromatic heterocycles. The van der Waals surface area contributed by atoms with Crippen LogP contribution < -0.4 is 10.1 Å². The summed E-state index contributed by atoms with van der Waals surface area (Å²) in [5.74, 6) is 0.566. The van der Waals surface area contributed by atoms with Crippen LogP contribution in [0, 0.1) is 0 Å². The maximum absolute atomic E-state index is 12.2. The van der Waals surface area contributed by atoms with Gasteiger partial charge in [0.15, 0.2) is 6.10 Å². The van der Waals surface area contributed by atoms with Gasteiger partial charge in [0, 0.05) is 13.6 Å². The number of hydrogen-bond acceptors (Lipinski definition) is 3. The molecule has 2 atom stereocenters. The van der Waals surface area contributed by atoms with E-state index in [1.54, 1.807) is 11.9 Å². The molecular weight excluding hydrogens is 256 g/mol. The summed E-state index contributed by atoms with van der Waals surface area (Å²) in [6.45, 7) is 0.693. The number of likely N-dealkylation sites (N-methyl/N-ethyl adjacent to an activating group) is 1. The van der Waals surface area contributed by atoms with Crippen molar-refractivity contribution in [3.63, 3.8) is 0 Å². The number of hydrogen-bond donors (Lipinski definition) is 1. The number of amides is 2. The van der Waals surface area contributed by atoms with Crippen molar-refractivity contribution in [2.45, 2.75) is 31.4 Å². The van der Waals surface area contributed by atoms with Gasteiger partial charge in [0.25, 0.3) is 5.91 Å². The van der Waals surface area contributed by atoms with E-state index in [2.05, 4.69) is 5.32 Å². The van der Waals surface area contributed by atoms with Crippen LogP contribution in [-0.2, 0) is 16.0 Å². The molecule has 0 bridgehead atoms. The van der Waals surface area contributed by atoms with Crippen molar-refractivity contribution >= 4 is 11.8 Å². The highest BCUT2D eigenvalue weighted by atomic mass is 16.5. The second kappa shape index (κ2) is 5.15. The van der Waals surface area contributed by atoms with Gasteiger partial charge in [-0.1, -0.05) is 18.2 Å². The van der Waals surface area contributed by atoms with Crippen LogP contribution in [0.15, 0.2) is 24.3 Å². The lowest BCUT2D eigenvalue weighted by Crippen LogP contribution is -2.47. The summed E-state index contributed by atoms with van der Waals surface area (Å²) in [5.41, 5.74) is 1.13. The molecule has 1 aromatic rings. The Hall–Kier alpha value is -2.04. The van der Waals surface area contributed by atoms with Gasteiger partial charge in [-0.05, 0) is 30.9 Å². The highest BCUT2D eigenvalue weighted by Crippen LogP contribution is 2.27. The summed E-state index contributed by atoms with van der Waals surface area (Å²) < 4.78 is 5.73. The first-order chi connectivity index (χ1) is 9.65. The van der Waals surface area contributed by atoms with Crippen molar-refractivity contribution in [3.05, 3.63) is 29.8 Å². The summed E-state index contributed by atoms with van der Waals surface area (Å²) in [6, 6.07) is 7.36. The zero-order chi connectivity index (χ0) is 14.1. The van der Waals surface area contributed by atoms with Gasteiger partial charge in [-0.25, -0.2) is 0 Å². The quantitative estimate of drug-likeness (QED) is 0.865. The van der Waals surface area contributed by atoms with E-state index in [-0.39, 0.29) is 11.8 Å². The summed E-state index contributed by atoms with van der Waals surface area (Å²) in [5, 5.41) is 2.80. The van der Waals surface area contributed by atoms with Crippen LogP contribution in [0.25, 0.3) is 0 Å². The normalized spacial score (nSPS) is 25.1. The lowest BCUT2D eigenvalue weighted by Gasteiger charge is -2.26. The van der Waals surface area contributed by atoms with Crippen LogP contribution in [0.2, 0.25) is 0 Å². The standard InChI is InChI=1S/C15H18N2O3/c1-17-9-8-11(15(17)19)16-14(18)13-7-6-10-4-2-3-5-12(10)20-13/h2-5,11,13H,6-9H2,1H3,(H,16,18)/t11-,13-/m1/s1. The van der Waals surface area contributed by atoms with Gasteiger partial charge < -0.3 is 15.0 Å². The number of likely N-dealkylation sites (tertiary alicyclic amines) is 1. The summed E-state index contributed by atoms with van der Waals surface area (Å²) >= 11 is 0. The van der Waals surface area contributed by atoms with Crippen molar-refractivity contribution < 1.29 is 14.3 Å². The van der Waals surface area contributed by atoms with Gasteiger partial charge in [0.1, 0.15) is 11.8 Å². The van der Waals surface area contributed by atoms with E-state index in [0.29, 0.717) is 19.4 Å². The van der Waals surface area contributed by atoms with Crippen molar-refractivity contribution in [1.29, 1.82) is 0 Å². The summed E-state index contributed by atoms with van der Waals surface area (Å²) in [6.07, 6.45) is 1.65. The van der Waals surface area contributed by atoms with Crippen LogP contribution in [0.4, 0.5) is 0 Å². The molecule has 0 aliphatic carbocycles. The fraction of sp³-hybridized carbons (Fsp3) is 0.467. The van der Waals surface area contributed by atoms with E-state index in [1.807, 2.05) is 24.3 Å². The third-order valence-electron chi connectivity index (χ3n) is 3.95. The molecular formula is C15H18N2O3. The number of para-hydroxylation sites is 1. The number of nitrogens with zero attached hydrogens (tertiary/aromatic N) is 1. The number of aryl methyl sites for hydroxylation is 1. The fourth-order valence-corrected chi connectivity index (χ4v) is 2.73. The van der Waals surface area contributed by atoms with Gasteiger partial charge in [-0.3, -0.25) is 9.59 Å². The number of benzene rings is 1. The maximum Gasteiger partial charge on any atom is 0.261 e. The minimum Gasteiger partial charge on any atom is -0.480 e. The first-order valence-electron chi connectivity index (χ1n) is 6.95. The molecule has 1 saturated heterocycles. The second-order valence-electron chi connectivity index (χ2n) is 5.36. The second-order valence-corrected chi connectivity index (χ2v) is 5.36. The Balaban J connectivity index is 1.63. The summed E-state index contributed by atoms with van der Waals surface area (Å²) in [4.78, 5) is 25.6. The average molecular weight is 274 g/mol. The molecule has 2 amide bonds. The van der Waals surface area contributed by atoms with Gasteiger partial charge in [-0.15, -0.1) is 0 Å². The zero-order valence-electron chi connectivity index (χ0n) is 11.5. The molecule has 5 nitrogen and oxygen atoms in total. The highest BCUT2D eigenvalue weighted by Gasteiger charge is 2.33. The lowest BCUT2D eigenvalue weighted by molar-refractivity contribution is -0.135. The first-order valence-corrected chi connectivity index (χ1v) is 6.95. The molecule has 2 aliphatic rings. The van der Waals surface area contributed by atoms with Gasteiger partial charge in [0.05, 0.1) is 0 Å². The third-order valence-corrected chi connectivity index (χ3v) is 3.95. The molecule has 1 aromatic carbocycles. The molecule has 0 unspecified atom stereocenters. The van der Waals surface area contributed by atoms with Gasteiger partial charge in [-0.2, -0.15) is 0 Å². The smallest absolute Gasteiger partial charge is 0.261 e. The van der Waals surface area contributed by atoms with E-state index in [4.69, 9.17) is 4.74 Å². The van der Waals surface area contributed by atoms with Crippen LogP contribution >= 0.6 is 0 Å². The number of nitrogens with one attached hydrogen (secondary N) is 1. The van der Waals surface area contributed by atoms with Crippen LogP contribution in [-0.4, -0.2) is 42.5 Å². The molecule has 2 aliphatic heterocycles. The Morgan fingerprint density at radius 1 is 1.35 bits per heavy atom. The number of fused-ring (bicyclic) bond motifs is 1. The van der Waals surface area contributed by atoms with Crippen molar-refractivity contribution in [3.8, 4) is 5.75 Å². The number of rotatable bonds is 2. The topological polar surface area (TPSA) is 58.6 Å². The Morgan fingerprint density at radius 2 is 2.15 bits per heavy atom. The Morgan fingerprint density at radius 3 is 2.90 bits per heavy atom. The maximum atomic E-state index is 12.2. The largest absolute Gasteiger partial charge is 0.480 e. The van der Waals surface area contributed by atoms with Crippen LogP contribution in [0.1, 0.15) is 18.4 Å². The zero-order valence-corrected chi connectivity index (χ0v) is 11.5. The lowest BCUT2D eigenvalue weighted by atomic mass is 10.0. The Labute approximate surface area is 117 Å². The van der Waals surface area contributed by atoms with Gasteiger partial charge >= 0.3 is 0 Å². The minimum atomic E-state index is -0.497. The molecule has 106 valence electrons. The predicted octanol–water partition coefficient (Wildman–Crippen LogP) is 0.727. The van der Waals surface area contributed by atoms with E-state index in [9.17, 15) is 9.59 Å². The Kier molecular flexibility index (Phi) is 3.34. The van der Waals surface area contributed by atoms with Gasteiger partial charge in [0.2, 0.25) is 5.91 Å². The average Bonchev–Trinajstić information content (AvgIpc) is 2.78. The molecule has 1 N–H and O–H groups in total. The number of carbonyl (C=O) groups is 2. The third kappa shape index (κ3) is 2.35. The molecule has 0 radical (unpaired) electrons. The Bertz CT molecular complexity index is 544. The van der Waals surface area contributed by atoms with Crippen molar-refractivity contribution in [2.75, 3.05) is 13.6 Å². The minimum absolute atomic E-state index is 0.0189. The monoisotopic (exact) mass is 274 g/mol. The molecule has 0 saturated carbocycles. The summed E-state index contributed by atoms with van der Waals surface area (Å²) in [7, 11) is 1.75. The van der Waals surface area contributed by atoms with E-state index >= 15 is 0 Å². The van der Waals surface area contributed by atoms with Crippen molar-refractivity contribution in [1.82, 2.24) is 10.2 Å². The fourth-order valence-electron chi connectivity index (χ4n) is 2.73. The highest BCUT2D eigenvalue weighted by molar-refractivity contribution is 5.90. The predicted molar refractivity (Wildman–Crippen MR) is 73.4 cm³/mol. The van der Waals surface area contributed by atoms with Crippen LogP contribution in [0.3, 0.4) is 0 Å². The van der Waals surface area contributed by atoms with E-state index < -0.39 is 12.1 Å². The van der Waals surface area contributed by atoms with E-state index in [1.165, 1.54) is 0 Å². The molecule has 1 fully saturated rings. The SMILES string of the molecule is CN1CC[C@@H](NC(=O)[C@H]2CCc3ccccc3O2)C1=O. The van der Waals surface area contributed by atoms with E-state index in [0.717, 1.165) is 17.7 Å². The molecule has 3 rings (SSSR count). The number of ether oxygens (including phenoxy) is 1. The molecule has 0 spiro atoms. The number of carbonyl (C=O) groups excluding carboxylic acids is 2. The molecule has 5 heteroatoms. The first kappa shape index (κ1) is 13.0. The molecule has 20 heavy (non-hydrogen) atoms. The van der Waals surface area contributed by atoms with Crippen LogP contribution in [0.5, 0.6) is 5.75 Å². The molecule has 2 heterocycles.